The van der Waals surface area contributed by atoms with Crippen molar-refractivity contribution in [3.63, 3.8) is 0 Å². The normalized spacial score (nSPS) is 16.3. The van der Waals surface area contributed by atoms with Crippen molar-refractivity contribution in [1.29, 1.82) is 0 Å². The predicted octanol–water partition coefficient (Wildman–Crippen LogP) is 4.41. The van der Waals surface area contributed by atoms with Crippen LogP contribution in [-0.2, 0) is 4.79 Å². The number of rotatable bonds is 8. The molecule has 10 heteroatoms. The SMILES string of the molecule is CC(C)N(c1nc(Nc2ccc(N3CCC(C)(C(C)C(=O)O)CC3)cc2)c2c(=O)[nH]ncc2n1)C(C)C. The number of carboxylic acids is 1. The van der Waals surface area contributed by atoms with Gasteiger partial charge in [0.05, 0.1) is 12.1 Å². The fourth-order valence-electron chi connectivity index (χ4n) is 5.15. The molecule has 1 aliphatic heterocycles. The van der Waals surface area contributed by atoms with Crippen LogP contribution >= 0.6 is 0 Å². The number of aromatic nitrogens is 4. The molecule has 0 radical (unpaired) electrons. The van der Waals surface area contributed by atoms with Crippen LogP contribution in [-0.4, -0.2) is 56.4 Å². The van der Waals surface area contributed by atoms with E-state index in [2.05, 4.69) is 64.9 Å². The van der Waals surface area contributed by atoms with Gasteiger partial charge >= 0.3 is 5.97 Å². The number of benzene rings is 1. The fraction of sp³-hybridized carbons (Fsp3) is 0.519. The number of nitrogens with zero attached hydrogens (tertiary/aromatic N) is 5. The first-order valence-corrected chi connectivity index (χ1v) is 12.9. The number of carboxylic acid groups (broad SMARTS) is 1. The summed E-state index contributed by atoms with van der Waals surface area (Å²) in [5.41, 5.74) is 1.81. The van der Waals surface area contributed by atoms with Crippen LogP contribution in [0, 0.1) is 11.3 Å². The van der Waals surface area contributed by atoms with E-state index < -0.39 is 5.97 Å². The van der Waals surface area contributed by atoms with E-state index in [1.165, 1.54) is 0 Å². The Morgan fingerprint density at radius 2 is 1.70 bits per heavy atom. The number of nitrogens with one attached hydrogen (secondary N) is 2. The van der Waals surface area contributed by atoms with E-state index in [9.17, 15) is 14.7 Å². The zero-order valence-corrected chi connectivity index (χ0v) is 22.4. The number of hydrogen-bond acceptors (Lipinski definition) is 8. The van der Waals surface area contributed by atoms with Gasteiger partial charge in [-0.1, -0.05) is 13.8 Å². The van der Waals surface area contributed by atoms with Crippen molar-refractivity contribution >= 4 is 40.0 Å². The fourth-order valence-corrected chi connectivity index (χ4v) is 5.15. The second kappa shape index (κ2) is 10.4. The monoisotopic (exact) mass is 507 g/mol. The largest absolute Gasteiger partial charge is 0.481 e. The van der Waals surface area contributed by atoms with E-state index in [1.54, 1.807) is 6.20 Å². The molecule has 1 aliphatic rings. The number of aliphatic carboxylic acids is 1. The summed E-state index contributed by atoms with van der Waals surface area (Å²) in [5, 5.41) is 19.6. The van der Waals surface area contributed by atoms with Gasteiger partial charge in [-0.15, -0.1) is 0 Å². The summed E-state index contributed by atoms with van der Waals surface area (Å²) in [5.74, 6) is -0.129. The lowest BCUT2D eigenvalue weighted by atomic mass is 9.71. The van der Waals surface area contributed by atoms with Gasteiger partial charge in [-0.2, -0.15) is 10.1 Å². The minimum absolute atomic E-state index is 0.171. The quantitative estimate of drug-likeness (QED) is 0.406. The number of carbonyl (C=O) groups is 1. The maximum Gasteiger partial charge on any atom is 0.306 e. The van der Waals surface area contributed by atoms with Gasteiger partial charge in [-0.25, -0.2) is 10.1 Å². The Bertz CT molecular complexity index is 1300. The molecule has 1 atom stereocenters. The van der Waals surface area contributed by atoms with Crippen molar-refractivity contribution in [1.82, 2.24) is 20.2 Å². The van der Waals surface area contributed by atoms with Crippen molar-refractivity contribution in [2.75, 3.05) is 28.2 Å². The van der Waals surface area contributed by atoms with E-state index >= 15 is 0 Å². The van der Waals surface area contributed by atoms with Gasteiger partial charge in [0.25, 0.3) is 5.56 Å². The Kier molecular flexibility index (Phi) is 7.38. The van der Waals surface area contributed by atoms with Gasteiger partial charge < -0.3 is 20.2 Å². The highest BCUT2D eigenvalue weighted by atomic mass is 16.4. The average Bonchev–Trinajstić information content (AvgIpc) is 2.84. The van der Waals surface area contributed by atoms with Crippen LogP contribution in [0.5, 0.6) is 0 Å². The highest BCUT2D eigenvalue weighted by molar-refractivity contribution is 5.90. The number of anilines is 4. The predicted molar refractivity (Wildman–Crippen MR) is 147 cm³/mol. The molecule has 0 aliphatic carbocycles. The van der Waals surface area contributed by atoms with Crippen LogP contribution in [0.2, 0.25) is 0 Å². The second-order valence-corrected chi connectivity index (χ2v) is 10.8. The maximum atomic E-state index is 12.6. The Morgan fingerprint density at radius 1 is 1.08 bits per heavy atom. The van der Waals surface area contributed by atoms with Gasteiger partial charge in [0.2, 0.25) is 5.95 Å². The maximum absolute atomic E-state index is 12.6. The molecule has 1 fully saturated rings. The molecule has 2 aromatic heterocycles. The molecule has 1 aromatic carbocycles. The van der Waals surface area contributed by atoms with Crippen molar-refractivity contribution in [2.24, 2.45) is 11.3 Å². The first kappa shape index (κ1) is 26.4. The lowest BCUT2D eigenvalue weighted by molar-refractivity contribution is -0.146. The zero-order chi connectivity index (χ0) is 26.9. The Labute approximate surface area is 217 Å². The van der Waals surface area contributed by atoms with Gasteiger partial charge in [0, 0.05) is 36.5 Å². The van der Waals surface area contributed by atoms with Crippen molar-refractivity contribution < 1.29 is 9.90 Å². The third-order valence-corrected chi connectivity index (χ3v) is 7.67. The highest BCUT2D eigenvalue weighted by Crippen LogP contribution is 2.40. The van der Waals surface area contributed by atoms with Crippen LogP contribution in [0.25, 0.3) is 10.9 Å². The van der Waals surface area contributed by atoms with E-state index in [-0.39, 0.29) is 29.0 Å². The molecule has 4 rings (SSSR count). The molecule has 0 spiro atoms. The molecule has 0 bridgehead atoms. The lowest BCUT2D eigenvalue weighted by Gasteiger charge is -2.42. The Morgan fingerprint density at radius 3 is 2.27 bits per heavy atom. The van der Waals surface area contributed by atoms with Gasteiger partial charge in [0.15, 0.2) is 0 Å². The van der Waals surface area contributed by atoms with E-state index in [0.29, 0.717) is 22.7 Å². The van der Waals surface area contributed by atoms with Gasteiger partial charge in [-0.3, -0.25) is 9.59 Å². The molecule has 1 unspecified atom stereocenters. The third kappa shape index (κ3) is 5.38. The summed E-state index contributed by atoms with van der Waals surface area (Å²) in [4.78, 5) is 37.9. The topological polar surface area (TPSA) is 127 Å². The summed E-state index contributed by atoms with van der Waals surface area (Å²) >= 11 is 0. The van der Waals surface area contributed by atoms with Crippen molar-refractivity contribution in [3.05, 3.63) is 40.8 Å². The minimum atomic E-state index is -0.730. The minimum Gasteiger partial charge on any atom is -0.481 e. The van der Waals surface area contributed by atoms with Crippen LogP contribution < -0.4 is 20.7 Å². The van der Waals surface area contributed by atoms with Crippen molar-refractivity contribution in [2.45, 2.75) is 66.5 Å². The molecule has 37 heavy (non-hydrogen) atoms. The lowest BCUT2D eigenvalue weighted by Crippen LogP contribution is -2.43. The van der Waals surface area contributed by atoms with Crippen LogP contribution in [0.4, 0.5) is 23.1 Å². The molecule has 198 valence electrons. The van der Waals surface area contributed by atoms with Gasteiger partial charge in [0.1, 0.15) is 16.7 Å². The number of piperidine rings is 1. The molecule has 1 saturated heterocycles. The summed E-state index contributed by atoms with van der Waals surface area (Å²) in [7, 11) is 0. The summed E-state index contributed by atoms with van der Waals surface area (Å²) in [6.07, 6.45) is 3.20. The molecule has 3 aromatic rings. The van der Waals surface area contributed by atoms with Crippen molar-refractivity contribution in [3.8, 4) is 0 Å². The van der Waals surface area contributed by atoms with E-state index in [4.69, 9.17) is 4.98 Å². The number of fused-ring (bicyclic) bond motifs is 1. The Balaban J connectivity index is 1.58. The third-order valence-electron chi connectivity index (χ3n) is 7.67. The molecule has 3 heterocycles. The molecule has 0 saturated carbocycles. The second-order valence-electron chi connectivity index (χ2n) is 10.8. The zero-order valence-electron chi connectivity index (χ0n) is 22.4. The Hall–Kier alpha value is -3.69. The van der Waals surface area contributed by atoms with Crippen LogP contribution in [0.15, 0.2) is 35.3 Å². The van der Waals surface area contributed by atoms with Crippen LogP contribution in [0.1, 0.15) is 54.4 Å². The summed E-state index contributed by atoms with van der Waals surface area (Å²) in [6.45, 7) is 13.8. The van der Waals surface area contributed by atoms with E-state index in [1.807, 2.05) is 31.2 Å². The number of H-pyrrole nitrogens is 1. The highest BCUT2D eigenvalue weighted by Gasteiger charge is 2.38. The molecular formula is C27H37N7O3. The molecular weight excluding hydrogens is 470 g/mol. The first-order chi connectivity index (χ1) is 17.5. The summed E-state index contributed by atoms with van der Waals surface area (Å²) < 4.78 is 0. The smallest absolute Gasteiger partial charge is 0.306 e. The molecule has 3 N–H and O–H groups in total. The van der Waals surface area contributed by atoms with E-state index in [0.717, 1.165) is 37.3 Å². The summed E-state index contributed by atoms with van der Waals surface area (Å²) in [6, 6.07) is 8.35. The van der Waals surface area contributed by atoms with Crippen LogP contribution in [0.3, 0.4) is 0 Å². The molecule has 10 nitrogen and oxygen atoms in total. The number of hydrogen-bond donors (Lipinski definition) is 3. The average molecular weight is 508 g/mol. The molecule has 0 amide bonds. The number of aromatic amines is 1. The first-order valence-electron chi connectivity index (χ1n) is 12.9. The standard InChI is InChI=1S/C27H37N7O3/c1-16(2)34(17(3)4)26-30-21-15-28-32-24(35)22(21)23(31-26)29-19-7-9-20(10-8-19)33-13-11-27(6,12-14-33)18(5)25(36)37/h7-10,15-18H,11-14H2,1-6H3,(H,32,35)(H,36,37)(H,29,30,31). The van der Waals surface area contributed by atoms with Gasteiger partial charge in [-0.05, 0) is 70.2 Å².